The molecule has 0 aliphatic carbocycles. The summed E-state index contributed by atoms with van der Waals surface area (Å²) >= 11 is 1.82. The average molecular weight is 463 g/mol. The maximum absolute atomic E-state index is 6.32. The van der Waals surface area contributed by atoms with E-state index in [2.05, 4.69) is 24.3 Å². The fourth-order valence-corrected chi connectivity index (χ4v) is 14.7. The summed E-state index contributed by atoms with van der Waals surface area (Å²) in [4.78, 5) is 5.28. The molecule has 4 heterocycles. The van der Waals surface area contributed by atoms with Crippen molar-refractivity contribution in [2.45, 2.75) is 57.8 Å². The zero-order valence-corrected chi connectivity index (χ0v) is 20.2. The third-order valence-corrected chi connectivity index (χ3v) is 16.0. The summed E-state index contributed by atoms with van der Waals surface area (Å²) < 4.78 is 14.5. The molecule has 3 fully saturated rings. The first-order valence-corrected chi connectivity index (χ1v) is 15.5. The van der Waals surface area contributed by atoms with Crippen LogP contribution in [0.1, 0.15) is 57.8 Å². The van der Waals surface area contributed by atoms with Gasteiger partial charge in [-0.15, -0.1) is 0 Å². The Labute approximate surface area is 190 Å². The van der Waals surface area contributed by atoms with Crippen molar-refractivity contribution >= 4 is 23.0 Å². The maximum atomic E-state index is 6.32. The topological polar surface area (TPSA) is 56.0 Å². The Morgan fingerprint density at radius 1 is 0.677 bits per heavy atom. The van der Waals surface area contributed by atoms with Gasteiger partial charge < -0.3 is 0 Å². The van der Waals surface area contributed by atoms with Gasteiger partial charge in [-0.25, -0.2) is 0 Å². The summed E-state index contributed by atoms with van der Waals surface area (Å²) in [6.45, 7) is 6.56. The molecule has 5 rings (SSSR count). The molecule has 0 bridgehead atoms. The number of hydrogen-bond donors (Lipinski definition) is 0. The summed E-state index contributed by atoms with van der Waals surface area (Å²) in [6.07, 6.45) is 8.22. The summed E-state index contributed by atoms with van der Waals surface area (Å²) in [7, 11) is 0. The van der Waals surface area contributed by atoms with Gasteiger partial charge in [0.2, 0.25) is 0 Å². The van der Waals surface area contributed by atoms with Gasteiger partial charge in [-0.05, 0) is 0 Å². The SMILES string of the molecule is c1ccc(OC2=NN=NP(N3CCCCC3)(N3CCCCC3)(N3CCCCC3)S2)cc1. The van der Waals surface area contributed by atoms with Crippen LogP contribution in [0.25, 0.3) is 0 Å². The molecule has 0 saturated carbocycles. The summed E-state index contributed by atoms with van der Waals surface area (Å²) in [5.41, 5.74) is 0. The second kappa shape index (κ2) is 9.44. The minimum absolute atomic E-state index is 0.653. The zero-order chi connectivity index (χ0) is 21.0. The van der Waals surface area contributed by atoms with Gasteiger partial charge in [-0.1, -0.05) is 0 Å². The van der Waals surface area contributed by atoms with Crippen molar-refractivity contribution in [1.82, 2.24) is 14.0 Å². The number of rotatable bonds is 4. The van der Waals surface area contributed by atoms with Crippen LogP contribution in [0.2, 0.25) is 0 Å². The van der Waals surface area contributed by atoms with Crippen molar-refractivity contribution in [1.29, 1.82) is 0 Å². The molecule has 0 atom stereocenters. The molecule has 1 aromatic carbocycles. The van der Waals surface area contributed by atoms with E-state index in [1.54, 1.807) is 0 Å². The summed E-state index contributed by atoms with van der Waals surface area (Å²) in [6, 6.07) is 10.0. The molecule has 0 N–H and O–H groups in total. The number of nitrogens with zero attached hydrogens (tertiary/aromatic N) is 6. The Morgan fingerprint density at radius 2 is 1.16 bits per heavy atom. The number of para-hydroxylation sites is 1. The molecule has 0 amide bonds. The van der Waals surface area contributed by atoms with Crippen molar-refractivity contribution in [3.63, 3.8) is 0 Å². The molecular formula is C22H35N6OPS. The van der Waals surface area contributed by atoms with E-state index in [0.29, 0.717) is 5.23 Å². The van der Waals surface area contributed by atoms with Crippen LogP contribution in [-0.2, 0) is 0 Å². The van der Waals surface area contributed by atoms with Gasteiger partial charge in [-0.2, -0.15) is 0 Å². The zero-order valence-electron chi connectivity index (χ0n) is 18.4. The Kier molecular flexibility index (Phi) is 6.63. The summed E-state index contributed by atoms with van der Waals surface area (Å²) in [5.74, 6) is 0.818. The molecular weight excluding hydrogens is 427 g/mol. The molecule has 7 nitrogen and oxygen atoms in total. The molecule has 4 aliphatic rings. The second-order valence-electron chi connectivity index (χ2n) is 8.96. The molecule has 4 aliphatic heterocycles. The Morgan fingerprint density at radius 3 is 1.65 bits per heavy atom. The molecule has 0 unspecified atom stereocenters. The fourth-order valence-electron chi connectivity index (χ4n) is 5.49. The third kappa shape index (κ3) is 3.95. The first-order chi connectivity index (χ1) is 15.3. The van der Waals surface area contributed by atoms with E-state index in [-0.39, 0.29) is 0 Å². The molecule has 0 radical (unpaired) electrons. The van der Waals surface area contributed by atoms with Gasteiger partial charge in [0.05, 0.1) is 0 Å². The van der Waals surface area contributed by atoms with Crippen LogP contribution in [0.15, 0.2) is 45.5 Å². The van der Waals surface area contributed by atoms with E-state index < -0.39 is 6.41 Å². The van der Waals surface area contributed by atoms with Crippen molar-refractivity contribution in [2.75, 3.05) is 39.3 Å². The third-order valence-electron chi connectivity index (χ3n) is 6.99. The molecule has 31 heavy (non-hydrogen) atoms. The van der Waals surface area contributed by atoms with Gasteiger partial charge in [-0.3, -0.25) is 0 Å². The van der Waals surface area contributed by atoms with Crippen LogP contribution in [0.4, 0.5) is 0 Å². The van der Waals surface area contributed by atoms with E-state index in [9.17, 15) is 0 Å². The monoisotopic (exact) mass is 462 g/mol. The first-order valence-electron chi connectivity index (χ1n) is 12.0. The number of piperidine rings is 3. The predicted molar refractivity (Wildman–Crippen MR) is 130 cm³/mol. The van der Waals surface area contributed by atoms with Crippen molar-refractivity contribution in [2.24, 2.45) is 15.2 Å². The van der Waals surface area contributed by atoms with Gasteiger partial charge in [0.1, 0.15) is 0 Å². The van der Waals surface area contributed by atoms with E-state index in [4.69, 9.17) is 9.62 Å². The number of hydrogen-bond acceptors (Lipinski definition) is 8. The van der Waals surface area contributed by atoms with Crippen LogP contribution in [0.5, 0.6) is 5.75 Å². The number of ether oxygens (including phenoxy) is 1. The molecule has 3 saturated heterocycles. The molecule has 0 spiro atoms. The average Bonchev–Trinajstić information content (AvgIpc) is 2.86. The van der Waals surface area contributed by atoms with E-state index in [0.717, 1.165) is 45.0 Å². The predicted octanol–water partition coefficient (Wildman–Crippen LogP) is 6.12. The standard InChI is InChI=1S/C22H35N6OPS/c1-5-13-21(14-6-1)29-22-23-24-25-30(31-22,26-15-7-2-8-16-26,27-17-9-3-10-18-27)28-19-11-4-12-20-28/h1,5-6,13-14H,2-4,7-12,15-20H2. The molecule has 1 aromatic rings. The van der Waals surface area contributed by atoms with Gasteiger partial charge in [0.25, 0.3) is 0 Å². The normalized spacial score (nSPS) is 28.9. The first kappa shape index (κ1) is 21.8. The Hall–Kier alpha value is -1.05. The Bertz CT molecular complexity index is 755. The van der Waals surface area contributed by atoms with Gasteiger partial charge >= 0.3 is 190 Å². The van der Waals surface area contributed by atoms with Gasteiger partial charge in [0, 0.05) is 0 Å². The molecule has 170 valence electrons. The fraction of sp³-hybridized carbons (Fsp3) is 0.682. The number of benzene rings is 1. The van der Waals surface area contributed by atoms with E-state index in [1.807, 2.05) is 41.7 Å². The van der Waals surface area contributed by atoms with Crippen LogP contribution in [0.3, 0.4) is 0 Å². The quantitative estimate of drug-likeness (QED) is 0.505. The molecule has 9 heteroatoms. The van der Waals surface area contributed by atoms with Crippen molar-refractivity contribution in [3.05, 3.63) is 30.3 Å². The van der Waals surface area contributed by atoms with Crippen molar-refractivity contribution in [3.8, 4) is 5.75 Å². The minimum atomic E-state index is -3.15. The van der Waals surface area contributed by atoms with Gasteiger partial charge in [0.15, 0.2) is 0 Å². The Balaban J connectivity index is 1.59. The second-order valence-corrected chi connectivity index (χ2v) is 15.6. The van der Waals surface area contributed by atoms with Crippen LogP contribution < -0.4 is 4.74 Å². The molecule has 0 aromatic heterocycles. The van der Waals surface area contributed by atoms with Crippen molar-refractivity contribution < 1.29 is 4.74 Å². The van der Waals surface area contributed by atoms with E-state index >= 15 is 0 Å². The summed E-state index contributed by atoms with van der Waals surface area (Å²) in [5, 5.41) is 9.58. The van der Waals surface area contributed by atoms with Crippen LogP contribution in [0, 0.1) is 0 Å². The van der Waals surface area contributed by atoms with Crippen LogP contribution in [-0.4, -0.2) is 58.5 Å². The van der Waals surface area contributed by atoms with E-state index in [1.165, 1.54) is 57.8 Å². The van der Waals surface area contributed by atoms with Crippen LogP contribution >= 0.6 is 17.8 Å².